The van der Waals surface area contributed by atoms with Crippen molar-refractivity contribution in [3.8, 4) is 5.82 Å². The highest BCUT2D eigenvalue weighted by atomic mass is 32.2. The number of pyridine rings is 1. The lowest BCUT2D eigenvalue weighted by Crippen LogP contribution is -2.16. The molecular weight excluding hydrogens is 328 g/mol. The van der Waals surface area contributed by atoms with Crippen molar-refractivity contribution in [3.63, 3.8) is 0 Å². The highest BCUT2D eigenvalue weighted by Gasteiger charge is 2.30. The number of aromatic nitrogens is 3. The minimum Gasteiger partial charge on any atom is -0.310 e. The molecule has 1 N–H and O–H groups in total. The number of carbonyl (C=O) groups is 1. The molecule has 116 valence electrons. The Balaban J connectivity index is 1.91. The molecule has 3 aromatic heterocycles. The Morgan fingerprint density at radius 3 is 3.00 bits per heavy atom. The fourth-order valence-corrected chi connectivity index (χ4v) is 4.67. The molecule has 0 spiro atoms. The van der Waals surface area contributed by atoms with E-state index in [2.05, 4.69) is 32.2 Å². The summed E-state index contributed by atoms with van der Waals surface area (Å²) in [5.41, 5.74) is 3.18. The van der Waals surface area contributed by atoms with Crippen molar-refractivity contribution >= 4 is 34.8 Å². The van der Waals surface area contributed by atoms with Gasteiger partial charge in [-0.25, -0.2) is 4.98 Å². The van der Waals surface area contributed by atoms with Crippen molar-refractivity contribution in [1.82, 2.24) is 14.8 Å². The number of thioether (sulfide) groups is 1. The summed E-state index contributed by atoms with van der Waals surface area (Å²) in [7, 11) is 0. The first-order chi connectivity index (χ1) is 11.2. The van der Waals surface area contributed by atoms with Crippen LogP contribution in [0.3, 0.4) is 0 Å². The highest BCUT2D eigenvalue weighted by molar-refractivity contribution is 8.00. The third-order valence-electron chi connectivity index (χ3n) is 3.72. The first kappa shape index (κ1) is 14.5. The van der Waals surface area contributed by atoms with Gasteiger partial charge in [-0.2, -0.15) is 21.1 Å². The second-order valence-electron chi connectivity index (χ2n) is 5.24. The molecule has 0 saturated carbocycles. The minimum absolute atomic E-state index is 0.00828. The largest absolute Gasteiger partial charge is 0.310 e. The molecule has 23 heavy (non-hydrogen) atoms. The summed E-state index contributed by atoms with van der Waals surface area (Å²) in [5, 5.41) is 11.9. The number of nitrogens with zero attached hydrogens (tertiary/aromatic N) is 3. The maximum Gasteiger partial charge on any atom is 0.235 e. The lowest BCUT2D eigenvalue weighted by atomic mass is 10.1. The first-order valence-electron chi connectivity index (χ1n) is 7.18. The van der Waals surface area contributed by atoms with Gasteiger partial charge in [0.25, 0.3) is 0 Å². The SMILES string of the molecule is Cc1nn(-c2ccccn2)c2c1C(c1ccsc1)SCC(=O)N2. The van der Waals surface area contributed by atoms with Gasteiger partial charge in [-0.3, -0.25) is 4.79 Å². The fourth-order valence-electron chi connectivity index (χ4n) is 2.72. The second kappa shape index (κ2) is 5.82. The molecule has 0 fully saturated rings. The van der Waals surface area contributed by atoms with Crippen LogP contribution in [0, 0.1) is 6.92 Å². The van der Waals surface area contributed by atoms with E-state index in [0.29, 0.717) is 11.6 Å². The molecular formula is C16H14N4OS2. The van der Waals surface area contributed by atoms with Crippen LogP contribution < -0.4 is 5.32 Å². The average Bonchev–Trinajstić information content (AvgIpc) is 3.15. The standard InChI is InChI=1S/C16H14N4OS2/c1-10-14-15(11-5-7-22-8-11)23-9-13(21)18-16(14)20(19-10)12-4-2-3-6-17-12/h2-8,15H,9H2,1H3,(H,18,21). The van der Waals surface area contributed by atoms with Crippen LogP contribution in [0.25, 0.3) is 5.82 Å². The maximum absolute atomic E-state index is 12.2. The summed E-state index contributed by atoms with van der Waals surface area (Å²) in [6, 6.07) is 7.77. The molecule has 0 bridgehead atoms. The van der Waals surface area contributed by atoms with E-state index in [1.807, 2.05) is 25.1 Å². The number of hydrogen-bond acceptors (Lipinski definition) is 5. The van der Waals surface area contributed by atoms with Crippen LogP contribution in [0.5, 0.6) is 0 Å². The number of hydrogen-bond donors (Lipinski definition) is 1. The van der Waals surface area contributed by atoms with Gasteiger partial charge in [0.05, 0.1) is 16.7 Å². The third kappa shape index (κ3) is 2.55. The third-order valence-corrected chi connectivity index (χ3v) is 5.69. The Kier molecular flexibility index (Phi) is 3.66. The van der Waals surface area contributed by atoms with E-state index in [-0.39, 0.29) is 11.2 Å². The smallest absolute Gasteiger partial charge is 0.235 e. The molecule has 0 radical (unpaired) electrons. The summed E-state index contributed by atoms with van der Waals surface area (Å²) >= 11 is 3.30. The fraction of sp³-hybridized carbons (Fsp3) is 0.188. The van der Waals surface area contributed by atoms with Crippen molar-refractivity contribution in [2.24, 2.45) is 0 Å². The molecule has 1 aliphatic heterocycles. The predicted octanol–water partition coefficient (Wildman–Crippen LogP) is 3.41. The van der Waals surface area contributed by atoms with Gasteiger partial charge in [-0.1, -0.05) is 6.07 Å². The average molecular weight is 342 g/mol. The molecule has 1 amide bonds. The molecule has 7 heteroatoms. The zero-order chi connectivity index (χ0) is 15.8. The highest BCUT2D eigenvalue weighted by Crippen LogP contribution is 2.44. The lowest BCUT2D eigenvalue weighted by Gasteiger charge is -2.13. The summed E-state index contributed by atoms with van der Waals surface area (Å²) in [6.07, 6.45) is 1.72. The van der Waals surface area contributed by atoms with E-state index in [0.717, 1.165) is 17.1 Å². The summed E-state index contributed by atoms with van der Waals surface area (Å²) in [6.45, 7) is 1.98. The number of thiophene rings is 1. The van der Waals surface area contributed by atoms with Crippen molar-refractivity contribution in [3.05, 3.63) is 58.0 Å². The lowest BCUT2D eigenvalue weighted by molar-refractivity contribution is -0.113. The van der Waals surface area contributed by atoms with Crippen molar-refractivity contribution in [1.29, 1.82) is 0 Å². The van der Waals surface area contributed by atoms with Gasteiger partial charge < -0.3 is 5.32 Å². The molecule has 0 saturated heterocycles. The minimum atomic E-state index is -0.00828. The van der Waals surface area contributed by atoms with Crippen LogP contribution in [-0.2, 0) is 4.79 Å². The summed E-state index contributed by atoms with van der Waals surface area (Å²) in [5.74, 6) is 1.85. The number of nitrogens with one attached hydrogen (secondary N) is 1. The van der Waals surface area contributed by atoms with Gasteiger partial charge in [0.1, 0.15) is 5.82 Å². The van der Waals surface area contributed by atoms with Crippen molar-refractivity contribution in [2.45, 2.75) is 12.2 Å². The second-order valence-corrected chi connectivity index (χ2v) is 7.12. The van der Waals surface area contributed by atoms with Crippen LogP contribution in [0.1, 0.15) is 22.1 Å². The monoisotopic (exact) mass is 342 g/mol. The summed E-state index contributed by atoms with van der Waals surface area (Å²) < 4.78 is 1.73. The number of anilines is 1. The number of carbonyl (C=O) groups excluding carboxylic acids is 1. The van der Waals surface area contributed by atoms with Gasteiger partial charge in [0.2, 0.25) is 5.91 Å². The van der Waals surface area contributed by atoms with E-state index < -0.39 is 0 Å². The van der Waals surface area contributed by atoms with Crippen molar-refractivity contribution in [2.75, 3.05) is 11.1 Å². The molecule has 5 nitrogen and oxygen atoms in total. The number of aryl methyl sites for hydroxylation is 1. The molecule has 0 aromatic carbocycles. The topological polar surface area (TPSA) is 59.8 Å². The van der Waals surface area contributed by atoms with E-state index >= 15 is 0 Å². The number of rotatable bonds is 2. The Morgan fingerprint density at radius 2 is 2.26 bits per heavy atom. The first-order valence-corrected chi connectivity index (χ1v) is 9.17. The summed E-state index contributed by atoms with van der Waals surface area (Å²) in [4.78, 5) is 16.5. The van der Waals surface area contributed by atoms with E-state index in [9.17, 15) is 4.79 Å². The Bertz CT molecular complexity index is 843. The van der Waals surface area contributed by atoms with E-state index in [4.69, 9.17) is 0 Å². The zero-order valence-corrected chi connectivity index (χ0v) is 14.0. The van der Waals surface area contributed by atoms with Crippen LogP contribution in [-0.4, -0.2) is 26.4 Å². The van der Waals surface area contributed by atoms with Gasteiger partial charge >= 0.3 is 0 Å². The van der Waals surface area contributed by atoms with Crippen LogP contribution in [0.4, 0.5) is 5.82 Å². The number of amides is 1. The van der Waals surface area contributed by atoms with E-state index in [1.165, 1.54) is 5.56 Å². The quantitative estimate of drug-likeness (QED) is 0.775. The molecule has 0 aliphatic carbocycles. The zero-order valence-electron chi connectivity index (χ0n) is 12.4. The Morgan fingerprint density at radius 1 is 1.35 bits per heavy atom. The molecule has 1 aliphatic rings. The molecule has 4 rings (SSSR count). The Hall–Kier alpha value is -2.12. The van der Waals surface area contributed by atoms with Gasteiger partial charge in [-0.15, -0.1) is 11.8 Å². The van der Waals surface area contributed by atoms with E-state index in [1.54, 1.807) is 34.0 Å². The van der Waals surface area contributed by atoms with Crippen LogP contribution in [0.2, 0.25) is 0 Å². The Labute approximate surface area is 141 Å². The van der Waals surface area contributed by atoms with Crippen molar-refractivity contribution < 1.29 is 4.79 Å². The predicted molar refractivity (Wildman–Crippen MR) is 93.3 cm³/mol. The molecule has 4 heterocycles. The molecule has 1 atom stereocenters. The van der Waals surface area contributed by atoms with Gasteiger partial charge in [0.15, 0.2) is 5.82 Å². The van der Waals surface area contributed by atoms with Gasteiger partial charge in [-0.05, 0) is 41.4 Å². The number of fused-ring (bicyclic) bond motifs is 1. The molecule has 1 unspecified atom stereocenters. The molecule has 3 aromatic rings. The maximum atomic E-state index is 12.2. The van der Waals surface area contributed by atoms with Crippen LogP contribution in [0.15, 0.2) is 41.2 Å². The van der Waals surface area contributed by atoms with Crippen LogP contribution >= 0.6 is 23.1 Å². The van der Waals surface area contributed by atoms with Gasteiger partial charge in [0, 0.05) is 11.8 Å². The normalized spacial score (nSPS) is 17.4.